The largest absolute Gasteiger partial charge is 0.355 e. The highest BCUT2D eigenvalue weighted by atomic mass is 32.2. The van der Waals surface area contributed by atoms with Crippen LogP contribution in [0.4, 0.5) is 0 Å². The SMILES string of the molecule is CNC(=O)c1cccc(CNC(=O)c2ccc(S(=O)(=O)N3CCCCCC3)cc2)c1. The van der Waals surface area contributed by atoms with Crippen molar-refractivity contribution in [2.45, 2.75) is 37.1 Å². The van der Waals surface area contributed by atoms with Gasteiger partial charge in [0.1, 0.15) is 0 Å². The second kappa shape index (κ2) is 9.86. The molecule has 0 radical (unpaired) electrons. The van der Waals surface area contributed by atoms with Crippen molar-refractivity contribution in [3.05, 3.63) is 65.2 Å². The van der Waals surface area contributed by atoms with Crippen LogP contribution in [0.1, 0.15) is 52.0 Å². The van der Waals surface area contributed by atoms with Crippen LogP contribution < -0.4 is 10.6 Å². The zero-order chi connectivity index (χ0) is 21.6. The highest BCUT2D eigenvalue weighted by Gasteiger charge is 2.25. The van der Waals surface area contributed by atoms with Gasteiger partial charge in [-0.3, -0.25) is 9.59 Å². The molecule has 2 aromatic carbocycles. The van der Waals surface area contributed by atoms with Crippen LogP contribution in [0.3, 0.4) is 0 Å². The summed E-state index contributed by atoms with van der Waals surface area (Å²) in [7, 11) is -1.97. The van der Waals surface area contributed by atoms with E-state index in [0.717, 1.165) is 31.2 Å². The molecule has 1 fully saturated rings. The van der Waals surface area contributed by atoms with Crippen molar-refractivity contribution in [1.29, 1.82) is 0 Å². The summed E-state index contributed by atoms with van der Waals surface area (Å²) in [5, 5.41) is 5.36. The maximum Gasteiger partial charge on any atom is 0.251 e. The summed E-state index contributed by atoms with van der Waals surface area (Å²) < 4.78 is 27.2. The lowest BCUT2D eigenvalue weighted by Crippen LogP contribution is -2.32. The van der Waals surface area contributed by atoms with Crippen molar-refractivity contribution in [2.75, 3.05) is 20.1 Å². The Labute approximate surface area is 177 Å². The van der Waals surface area contributed by atoms with Crippen molar-refractivity contribution < 1.29 is 18.0 Å². The number of amides is 2. The molecule has 7 nitrogen and oxygen atoms in total. The zero-order valence-corrected chi connectivity index (χ0v) is 17.9. The summed E-state index contributed by atoms with van der Waals surface area (Å²) in [5.74, 6) is -0.497. The minimum Gasteiger partial charge on any atom is -0.355 e. The van der Waals surface area contributed by atoms with Gasteiger partial charge in [-0.15, -0.1) is 0 Å². The highest BCUT2D eigenvalue weighted by molar-refractivity contribution is 7.89. The topological polar surface area (TPSA) is 95.6 Å². The van der Waals surface area contributed by atoms with Gasteiger partial charge in [0.15, 0.2) is 0 Å². The monoisotopic (exact) mass is 429 g/mol. The molecule has 2 aromatic rings. The molecule has 0 saturated carbocycles. The predicted molar refractivity (Wildman–Crippen MR) is 115 cm³/mol. The van der Waals surface area contributed by atoms with Gasteiger partial charge >= 0.3 is 0 Å². The number of carbonyl (C=O) groups excluding carboxylic acids is 2. The Morgan fingerprint density at radius 1 is 0.900 bits per heavy atom. The third kappa shape index (κ3) is 5.25. The summed E-state index contributed by atoms with van der Waals surface area (Å²) in [4.78, 5) is 24.4. The van der Waals surface area contributed by atoms with Gasteiger partial charge in [-0.1, -0.05) is 25.0 Å². The number of hydrogen-bond acceptors (Lipinski definition) is 4. The molecular weight excluding hydrogens is 402 g/mol. The summed E-state index contributed by atoms with van der Waals surface area (Å²) in [5.41, 5.74) is 1.70. The van der Waals surface area contributed by atoms with Gasteiger partial charge in [0.05, 0.1) is 4.90 Å². The number of rotatable bonds is 6. The second-order valence-electron chi connectivity index (χ2n) is 7.30. The van der Waals surface area contributed by atoms with E-state index in [4.69, 9.17) is 0 Å². The van der Waals surface area contributed by atoms with Crippen LogP contribution in [0.2, 0.25) is 0 Å². The smallest absolute Gasteiger partial charge is 0.251 e. The average molecular weight is 430 g/mol. The lowest BCUT2D eigenvalue weighted by atomic mass is 10.1. The molecule has 1 aliphatic rings. The summed E-state index contributed by atoms with van der Waals surface area (Å²) in [6.45, 7) is 1.34. The first-order chi connectivity index (χ1) is 14.4. The highest BCUT2D eigenvalue weighted by Crippen LogP contribution is 2.20. The first-order valence-corrected chi connectivity index (χ1v) is 11.6. The van der Waals surface area contributed by atoms with Crippen molar-refractivity contribution >= 4 is 21.8 Å². The van der Waals surface area contributed by atoms with Gasteiger partial charge in [0.25, 0.3) is 11.8 Å². The van der Waals surface area contributed by atoms with E-state index < -0.39 is 10.0 Å². The maximum atomic E-state index is 12.8. The molecular formula is C22H27N3O4S. The van der Waals surface area contributed by atoms with Gasteiger partial charge in [0.2, 0.25) is 10.0 Å². The maximum absolute atomic E-state index is 12.8. The van der Waals surface area contributed by atoms with Crippen molar-refractivity contribution in [2.24, 2.45) is 0 Å². The quantitative estimate of drug-likeness (QED) is 0.738. The molecule has 1 saturated heterocycles. The molecule has 3 rings (SSSR count). The molecule has 1 heterocycles. The molecule has 160 valence electrons. The lowest BCUT2D eigenvalue weighted by molar-refractivity contribution is 0.0948. The number of hydrogen-bond donors (Lipinski definition) is 2. The minimum absolute atomic E-state index is 0.190. The van der Waals surface area contributed by atoms with E-state index in [9.17, 15) is 18.0 Å². The fourth-order valence-electron chi connectivity index (χ4n) is 3.46. The molecule has 0 atom stereocenters. The molecule has 0 aromatic heterocycles. The van der Waals surface area contributed by atoms with Crippen LogP contribution in [-0.2, 0) is 16.6 Å². The summed E-state index contributed by atoms with van der Waals surface area (Å²) >= 11 is 0. The molecule has 0 unspecified atom stereocenters. The fraction of sp³-hybridized carbons (Fsp3) is 0.364. The van der Waals surface area contributed by atoms with Crippen molar-refractivity contribution in [1.82, 2.24) is 14.9 Å². The molecule has 8 heteroatoms. The van der Waals surface area contributed by atoms with Crippen LogP contribution in [0.25, 0.3) is 0 Å². The number of nitrogens with one attached hydrogen (secondary N) is 2. The molecule has 2 amide bonds. The Morgan fingerprint density at radius 3 is 2.20 bits per heavy atom. The van der Waals surface area contributed by atoms with E-state index in [-0.39, 0.29) is 23.3 Å². The van der Waals surface area contributed by atoms with Gasteiger partial charge < -0.3 is 10.6 Å². The second-order valence-corrected chi connectivity index (χ2v) is 9.24. The van der Waals surface area contributed by atoms with Crippen LogP contribution in [-0.4, -0.2) is 44.7 Å². The van der Waals surface area contributed by atoms with Crippen molar-refractivity contribution in [3.63, 3.8) is 0 Å². The Hall–Kier alpha value is -2.71. The third-order valence-electron chi connectivity index (χ3n) is 5.19. The lowest BCUT2D eigenvalue weighted by Gasteiger charge is -2.20. The molecule has 0 aliphatic carbocycles. The number of sulfonamides is 1. The van der Waals surface area contributed by atoms with Crippen molar-refractivity contribution in [3.8, 4) is 0 Å². The van der Waals surface area contributed by atoms with Gasteiger partial charge in [0, 0.05) is 37.8 Å². The Morgan fingerprint density at radius 2 is 1.57 bits per heavy atom. The van der Waals surface area contributed by atoms with E-state index in [1.807, 2.05) is 6.07 Å². The minimum atomic E-state index is -3.53. The number of nitrogens with zero attached hydrogens (tertiary/aromatic N) is 1. The molecule has 30 heavy (non-hydrogen) atoms. The van der Waals surface area contributed by atoms with Crippen LogP contribution in [0.15, 0.2) is 53.4 Å². The van der Waals surface area contributed by atoms with Gasteiger partial charge in [-0.05, 0) is 54.8 Å². The average Bonchev–Trinajstić information content (AvgIpc) is 3.07. The summed E-state index contributed by atoms with van der Waals surface area (Å²) in [6.07, 6.45) is 3.86. The number of benzene rings is 2. The molecule has 2 N–H and O–H groups in total. The molecule has 0 spiro atoms. The Balaban J connectivity index is 1.64. The first-order valence-electron chi connectivity index (χ1n) is 10.1. The normalized spacial score (nSPS) is 15.2. The van der Waals surface area contributed by atoms with Crippen LogP contribution >= 0.6 is 0 Å². The zero-order valence-electron chi connectivity index (χ0n) is 17.1. The van der Waals surface area contributed by atoms with Crippen LogP contribution in [0, 0.1) is 0 Å². The fourth-order valence-corrected chi connectivity index (χ4v) is 4.98. The summed E-state index contributed by atoms with van der Waals surface area (Å²) in [6, 6.07) is 13.0. The van der Waals surface area contributed by atoms with Crippen LogP contribution in [0.5, 0.6) is 0 Å². The van der Waals surface area contributed by atoms with E-state index in [2.05, 4.69) is 10.6 Å². The number of carbonyl (C=O) groups is 2. The van der Waals surface area contributed by atoms with Gasteiger partial charge in [-0.25, -0.2) is 8.42 Å². The van der Waals surface area contributed by atoms with Gasteiger partial charge in [-0.2, -0.15) is 4.31 Å². The third-order valence-corrected chi connectivity index (χ3v) is 7.10. The standard InChI is InChI=1S/C22H27N3O4S/c1-23-21(26)19-8-6-7-17(15-19)16-24-22(27)18-9-11-20(12-10-18)30(28,29)25-13-4-2-3-5-14-25/h6-12,15H,2-5,13-14,16H2,1H3,(H,23,26)(H,24,27). The van der Waals surface area contributed by atoms with E-state index in [0.29, 0.717) is 24.2 Å². The first kappa shape index (κ1) is 22.0. The molecule has 1 aliphatic heterocycles. The van der Waals surface area contributed by atoms with E-state index in [1.165, 1.54) is 28.6 Å². The van der Waals surface area contributed by atoms with E-state index in [1.54, 1.807) is 25.2 Å². The Kier molecular flexibility index (Phi) is 7.23. The Bertz CT molecular complexity index is 995. The molecule has 0 bridgehead atoms. The predicted octanol–water partition coefficient (Wildman–Crippen LogP) is 2.54. The van der Waals surface area contributed by atoms with E-state index >= 15 is 0 Å².